The van der Waals surface area contributed by atoms with Gasteiger partial charge in [-0.25, -0.2) is 0 Å². The molecule has 0 aromatic carbocycles. The van der Waals surface area contributed by atoms with Gasteiger partial charge in [0.1, 0.15) is 0 Å². The standard InChI is InChI=1S/C7H14N2S/c1-2-4-6-8-9-10-7-5-3-1/h1-7H2/p+1. The van der Waals surface area contributed by atoms with E-state index in [9.17, 15) is 0 Å². The van der Waals surface area contributed by atoms with Gasteiger partial charge in [0.15, 0.2) is 6.54 Å². The Bertz CT molecular complexity index is 91.8. The summed E-state index contributed by atoms with van der Waals surface area (Å²) in [4.78, 5) is 0. The zero-order chi connectivity index (χ0) is 7.07. The highest BCUT2D eigenvalue weighted by Crippen LogP contribution is 2.08. The molecule has 0 aliphatic carbocycles. The summed E-state index contributed by atoms with van der Waals surface area (Å²) in [5, 5.41) is 3.04. The van der Waals surface area contributed by atoms with Gasteiger partial charge in [-0.05, 0) is 12.8 Å². The van der Waals surface area contributed by atoms with Crippen LogP contribution in [0.5, 0.6) is 0 Å². The van der Waals surface area contributed by atoms with Crippen LogP contribution >= 0.6 is 11.9 Å². The molecule has 0 radical (unpaired) electrons. The second kappa shape index (κ2) is 5.71. The van der Waals surface area contributed by atoms with Crippen molar-refractivity contribution in [2.45, 2.75) is 32.1 Å². The molecule has 0 bridgehead atoms. The van der Waals surface area contributed by atoms with Gasteiger partial charge in [0.25, 0.3) is 0 Å². The van der Waals surface area contributed by atoms with E-state index < -0.39 is 0 Å². The van der Waals surface area contributed by atoms with E-state index in [0.29, 0.717) is 0 Å². The number of hydrogen-bond donors (Lipinski definition) is 1. The fourth-order valence-corrected chi connectivity index (χ4v) is 1.65. The van der Waals surface area contributed by atoms with Crippen molar-refractivity contribution >= 4 is 11.9 Å². The van der Waals surface area contributed by atoms with Gasteiger partial charge in [-0.15, -0.1) is 5.11 Å². The first-order chi connectivity index (χ1) is 5.00. The first kappa shape index (κ1) is 8.05. The highest BCUT2D eigenvalue weighted by molar-refractivity contribution is 7.97. The number of nitrogens with one attached hydrogen (secondary N) is 1. The molecule has 0 unspecified atom stereocenters. The maximum Gasteiger partial charge on any atom is 0.166 e. The van der Waals surface area contributed by atoms with E-state index in [2.05, 4.69) is 9.63 Å². The summed E-state index contributed by atoms with van der Waals surface area (Å²) in [6.07, 6.45) is 6.78. The van der Waals surface area contributed by atoms with Gasteiger partial charge >= 0.3 is 0 Å². The Kier molecular flexibility index (Phi) is 4.60. The molecule has 1 rings (SSSR count). The minimum absolute atomic E-state index is 1.06. The molecule has 1 aliphatic heterocycles. The number of hydrogen-bond acceptors (Lipinski definition) is 2. The molecule has 0 amide bonds. The predicted octanol–water partition coefficient (Wildman–Crippen LogP) is 1.13. The Morgan fingerprint density at radius 2 is 1.80 bits per heavy atom. The van der Waals surface area contributed by atoms with Gasteiger partial charge in [-0.2, -0.15) is 0 Å². The van der Waals surface area contributed by atoms with Crippen molar-refractivity contribution in [3.63, 3.8) is 0 Å². The highest BCUT2D eigenvalue weighted by Gasteiger charge is 1.96. The highest BCUT2D eigenvalue weighted by atomic mass is 32.2. The summed E-state index contributed by atoms with van der Waals surface area (Å²) < 4.78 is 4.10. The topological polar surface area (TPSA) is 26.3 Å². The molecule has 1 aliphatic rings. The van der Waals surface area contributed by atoms with Crippen LogP contribution in [-0.4, -0.2) is 12.3 Å². The monoisotopic (exact) mass is 159 g/mol. The number of rotatable bonds is 0. The second-order valence-electron chi connectivity index (χ2n) is 2.60. The van der Waals surface area contributed by atoms with Crippen molar-refractivity contribution in [1.29, 1.82) is 0 Å². The average molecular weight is 159 g/mol. The molecule has 0 aromatic rings. The summed E-state index contributed by atoms with van der Waals surface area (Å²) in [6.45, 7) is 1.06. The zero-order valence-corrected chi connectivity index (χ0v) is 7.12. The summed E-state index contributed by atoms with van der Waals surface area (Å²) in [5.74, 6) is 1.19. The van der Waals surface area contributed by atoms with Crippen LogP contribution < -0.4 is 5.11 Å². The minimum atomic E-state index is 1.06. The van der Waals surface area contributed by atoms with E-state index in [0.717, 1.165) is 6.54 Å². The lowest BCUT2D eigenvalue weighted by atomic mass is 10.2. The van der Waals surface area contributed by atoms with Gasteiger partial charge in [0.2, 0.25) is 0 Å². The summed E-state index contributed by atoms with van der Waals surface area (Å²) >= 11 is 1.67. The van der Waals surface area contributed by atoms with Crippen molar-refractivity contribution in [2.75, 3.05) is 12.3 Å². The Balaban J connectivity index is 2.13. The molecular weight excluding hydrogens is 144 g/mol. The first-order valence-corrected chi connectivity index (χ1v) is 4.99. The molecule has 1 heterocycles. The van der Waals surface area contributed by atoms with Gasteiger partial charge in [0.05, 0.1) is 0 Å². The summed E-state index contributed by atoms with van der Waals surface area (Å²) in [7, 11) is 0. The molecule has 0 saturated heterocycles. The molecule has 0 fully saturated rings. The van der Waals surface area contributed by atoms with E-state index in [1.807, 2.05) is 0 Å². The van der Waals surface area contributed by atoms with Crippen molar-refractivity contribution < 1.29 is 5.11 Å². The summed E-state index contributed by atoms with van der Waals surface area (Å²) in [6, 6.07) is 0. The Hall–Kier alpha value is -0.0500. The molecule has 1 N–H and O–H groups in total. The van der Waals surface area contributed by atoms with Crippen LogP contribution in [0.25, 0.3) is 0 Å². The van der Waals surface area contributed by atoms with Crippen molar-refractivity contribution in [2.24, 2.45) is 4.52 Å². The third kappa shape index (κ3) is 3.88. The minimum Gasteiger partial charge on any atom is -0.130 e. The maximum atomic E-state index is 4.10. The third-order valence-electron chi connectivity index (χ3n) is 1.65. The average Bonchev–Trinajstić information content (AvgIpc) is 2.01. The Labute approximate surface area is 66.6 Å². The van der Waals surface area contributed by atoms with Crippen LogP contribution in [0, 0.1) is 0 Å². The Morgan fingerprint density at radius 3 is 2.80 bits per heavy atom. The molecule has 0 saturated carbocycles. The van der Waals surface area contributed by atoms with Crippen LogP contribution in [0.15, 0.2) is 4.52 Å². The van der Waals surface area contributed by atoms with Crippen molar-refractivity contribution in [3.8, 4) is 0 Å². The third-order valence-corrected chi connectivity index (χ3v) is 2.38. The molecular formula is C7H15N2S+. The van der Waals surface area contributed by atoms with Crippen molar-refractivity contribution in [3.05, 3.63) is 0 Å². The smallest absolute Gasteiger partial charge is 0.130 e. The van der Waals surface area contributed by atoms with E-state index >= 15 is 0 Å². The molecule has 58 valence electrons. The van der Waals surface area contributed by atoms with Crippen LogP contribution in [-0.2, 0) is 0 Å². The molecule has 0 aromatic heterocycles. The number of nitrogens with zero attached hydrogens (tertiary/aromatic N) is 1. The largest absolute Gasteiger partial charge is 0.166 e. The maximum absolute atomic E-state index is 4.10. The van der Waals surface area contributed by atoms with Gasteiger partial charge in [-0.3, -0.25) is 0 Å². The fourth-order valence-electron chi connectivity index (χ4n) is 1.04. The molecule has 2 nitrogen and oxygen atoms in total. The lowest BCUT2D eigenvalue weighted by Gasteiger charge is -1.97. The predicted molar refractivity (Wildman–Crippen MR) is 43.8 cm³/mol. The van der Waals surface area contributed by atoms with Gasteiger partial charge in [-0.1, -0.05) is 12.8 Å². The van der Waals surface area contributed by atoms with E-state index in [-0.39, 0.29) is 0 Å². The van der Waals surface area contributed by atoms with Crippen LogP contribution in [0.2, 0.25) is 0 Å². The first-order valence-electron chi connectivity index (χ1n) is 4.05. The molecule has 0 atom stereocenters. The van der Waals surface area contributed by atoms with Crippen LogP contribution in [0.1, 0.15) is 32.1 Å². The normalized spacial score (nSPS) is 22.4. The quantitative estimate of drug-likeness (QED) is 0.527. The zero-order valence-electron chi connectivity index (χ0n) is 6.31. The summed E-state index contributed by atoms with van der Waals surface area (Å²) in [5.41, 5.74) is 0. The van der Waals surface area contributed by atoms with E-state index in [1.165, 1.54) is 37.9 Å². The van der Waals surface area contributed by atoms with Gasteiger partial charge < -0.3 is 0 Å². The Morgan fingerprint density at radius 1 is 1.00 bits per heavy atom. The van der Waals surface area contributed by atoms with E-state index in [4.69, 9.17) is 0 Å². The van der Waals surface area contributed by atoms with Crippen LogP contribution in [0.3, 0.4) is 0 Å². The van der Waals surface area contributed by atoms with Crippen molar-refractivity contribution in [1.82, 2.24) is 0 Å². The lowest BCUT2D eigenvalue weighted by molar-refractivity contribution is -0.522. The van der Waals surface area contributed by atoms with Crippen LogP contribution in [0.4, 0.5) is 0 Å². The fraction of sp³-hybridized carbons (Fsp3) is 1.00. The van der Waals surface area contributed by atoms with Gasteiger partial charge in [0, 0.05) is 28.6 Å². The SMILES string of the molecule is C1CCC[NH+]=NSCCC1. The lowest BCUT2D eigenvalue weighted by Crippen LogP contribution is -2.65. The molecule has 10 heavy (non-hydrogen) atoms. The molecule has 0 spiro atoms. The van der Waals surface area contributed by atoms with E-state index in [1.54, 1.807) is 11.9 Å². The second-order valence-corrected chi connectivity index (χ2v) is 3.45. The molecule has 3 heteroatoms.